The van der Waals surface area contributed by atoms with Crippen LogP contribution in [-0.4, -0.2) is 55.4 Å². The molecule has 0 aromatic heterocycles. The van der Waals surface area contributed by atoms with Crippen LogP contribution < -0.4 is 10.5 Å². The smallest absolute Gasteiger partial charge is 0.258 e. The predicted octanol–water partition coefficient (Wildman–Crippen LogP) is 0.582. The van der Waals surface area contributed by atoms with Gasteiger partial charge in [0.1, 0.15) is 6.54 Å². The van der Waals surface area contributed by atoms with Crippen molar-refractivity contribution in [2.45, 2.75) is 6.42 Å². The molecule has 20 heavy (non-hydrogen) atoms. The summed E-state index contributed by atoms with van der Waals surface area (Å²) in [4.78, 5) is 27.6. The first kappa shape index (κ1) is 14.2. The number of para-hydroxylation sites is 1. The predicted molar refractivity (Wildman–Crippen MR) is 75.6 cm³/mol. The van der Waals surface area contributed by atoms with Crippen LogP contribution in [0.1, 0.15) is 16.8 Å². The van der Waals surface area contributed by atoms with Crippen LogP contribution in [0.3, 0.4) is 0 Å². The SMILES string of the molecule is COc1c(N)cccc1C(=O)N1CCCN(C)C(=O)C1. The number of carbonyl (C=O) groups excluding carboxylic acids is 2. The summed E-state index contributed by atoms with van der Waals surface area (Å²) in [5, 5.41) is 0. The quantitative estimate of drug-likeness (QED) is 0.802. The van der Waals surface area contributed by atoms with E-state index >= 15 is 0 Å². The molecule has 0 saturated carbocycles. The van der Waals surface area contributed by atoms with Gasteiger partial charge in [-0.1, -0.05) is 6.07 Å². The van der Waals surface area contributed by atoms with Gasteiger partial charge in [0.25, 0.3) is 5.91 Å². The zero-order valence-electron chi connectivity index (χ0n) is 11.8. The highest BCUT2D eigenvalue weighted by Crippen LogP contribution is 2.27. The van der Waals surface area contributed by atoms with Gasteiger partial charge >= 0.3 is 0 Å². The molecule has 0 radical (unpaired) electrons. The van der Waals surface area contributed by atoms with Gasteiger partial charge in [0, 0.05) is 20.1 Å². The Morgan fingerprint density at radius 2 is 2.10 bits per heavy atom. The van der Waals surface area contributed by atoms with Crippen molar-refractivity contribution in [2.24, 2.45) is 0 Å². The van der Waals surface area contributed by atoms with Crippen molar-refractivity contribution in [3.05, 3.63) is 23.8 Å². The molecule has 1 heterocycles. The zero-order chi connectivity index (χ0) is 14.7. The number of ether oxygens (including phenoxy) is 1. The summed E-state index contributed by atoms with van der Waals surface area (Å²) in [7, 11) is 3.22. The van der Waals surface area contributed by atoms with Crippen LogP contribution in [-0.2, 0) is 4.79 Å². The Morgan fingerprint density at radius 3 is 2.80 bits per heavy atom. The van der Waals surface area contributed by atoms with Gasteiger partial charge in [-0.05, 0) is 18.6 Å². The van der Waals surface area contributed by atoms with E-state index in [0.29, 0.717) is 30.1 Å². The van der Waals surface area contributed by atoms with Gasteiger partial charge in [0.15, 0.2) is 5.75 Å². The lowest BCUT2D eigenvalue weighted by molar-refractivity contribution is -0.129. The van der Waals surface area contributed by atoms with Crippen molar-refractivity contribution in [2.75, 3.05) is 39.5 Å². The molecule has 2 amide bonds. The molecule has 0 aliphatic carbocycles. The van der Waals surface area contributed by atoms with Crippen LogP contribution in [0.2, 0.25) is 0 Å². The number of hydrogen-bond donors (Lipinski definition) is 1. The fourth-order valence-corrected chi connectivity index (χ4v) is 2.28. The molecule has 108 valence electrons. The van der Waals surface area contributed by atoms with Gasteiger partial charge < -0.3 is 20.3 Å². The highest BCUT2D eigenvalue weighted by atomic mass is 16.5. The Kier molecular flexibility index (Phi) is 4.12. The molecular formula is C14H19N3O3. The lowest BCUT2D eigenvalue weighted by Gasteiger charge is -2.21. The lowest BCUT2D eigenvalue weighted by Crippen LogP contribution is -2.38. The summed E-state index contributed by atoms with van der Waals surface area (Å²) >= 11 is 0. The number of carbonyl (C=O) groups is 2. The summed E-state index contributed by atoms with van der Waals surface area (Å²) < 4.78 is 5.20. The fraction of sp³-hybridized carbons (Fsp3) is 0.429. The minimum absolute atomic E-state index is 0.0567. The van der Waals surface area contributed by atoms with E-state index in [1.807, 2.05) is 0 Å². The lowest BCUT2D eigenvalue weighted by atomic mass is 10.1. The number of nitrogens with two attached hydrogens (primary N) is 1. The monoisotopic (exact) mass is 277 g/mol. The van der Waals surface area contributed by atoms with E-state index in [1.54, 1.807) is 35.0 Å². The minimum atomic E-state index is -0.224. The second-order valence-corrected chi connectivity index (χ2v) is 4.82. The Labute approximate surface area is 118 Å². The van der Waals surface area contributed by atoms with Crippen LogP contribution in [0.15, 0.2) is 18.2 Å². The van der Waals surface area contributed by atoms with Crippen LogP contribution in [0, 0.1) is 0 Å². The Hall–Kier alpha value is -2.24. The second-order valence-electron chi connectivity index (χ2n) is 4.82. The average Bonchev–Trinajstić information content (AvgIpc) is 2.60. The molecule has 1 saturated heterocycles. The normalized spacial score (nSPS) is 16.0. The third-order valence-electron chi connectivity index (χ3n) is 3.44. The zero-order valence-corrected chi connectivity index (χ0v) is 11.8. The Bertz CT molecular complexity index is 530. The van der Waals surface area contributed by atoms with Crippen LogP contribution in [0.25, 0.3) is 0 Å². The topological polar surface area (TPSA) is 75.9 Å². The van der Waals surface area contributed by atoms with Crippen molar-refractivity contribution < 1.29 is 14.3 Å². The molecule has 1 aliphatic heterocycles. The average molecular weight is 277 g/mol. The fourth-order valence-electron chi connectivity index (χ4n) is 2.28. The Balaban J connectivity index is 2.27. The number of likely N-dealkylation sites (N-methyl/N-ethyl adjacent to an activating group) is 1. The number of anilines is 1. The maximum Gasteiger partial charge on any atom is 0.258 e. The van der Waals surface area contributed by atoms with Crippen molar-refractivity contribution >= 4 is 17.5 Å². The second kappa shape index (κ2) is 5.81. The van der Waals surface area contributed by atoms with Crippen molar-refractivity contribution in [3.8, 4) is 5.75 Å². The van der Waals surface area contributed by atoms with Crippen molar-refractivity contribution in [1.29, 1.82) is 0 Å². The van der Waals surface area contributed by atoms with E-state index in [9.17, 15) is 9.59 Å². The number of nitrogen functional groups attached to an aromatic ring is 1. The summed E-state index contributed by atoms with van der Waals surface area (Å²) in [6.07, 6.45) is 0.763. The molecule has 0 unspecified atom stereocenters. The maximum absolute atomic E-state index is 12.6. The number of rotatable bonds is 2. The molecule has 6 nitrogen and oxygen atoms in total. The first-order valence-corrected chi connectivity index (χ1v) is 6.50. The van der Waals surface area contributed by atoms with Gasteiger partial charge in [0.05, 0.1) is 18.4 Å². The molecule has 2 rings (SSSR count). The highest BCUT2D eigenvalue weighted by molar-refractivity contribution is 6.00. The molecule has 1 fully saturated rings. The van der Waals surface area contributed by atoms with Crippen LogP contribution in [0.5, 0.6) is 5.75 Å². The molecule has 0 spiro atoms. The van der Waals surface area contributed by atoms with E-state index in [1.165, 1.54) is 7.11 Å². The number of amides is 2. The van der Waals surface area contributed by atoms with Crippen LogP contribution in [0.4, 0.5) is 5.69 Å². The number of benzene rings is 1. The summed E-state index contributed by atoms with van der Waals surface area (Å²) in [6.45, 7) is 1.30. The number of nitrogens with zero attached hydrogens (tertiary/aromatic N) is 2. The molecule has 1 aromatic carbocycles. The van der Waals surface area contributed by atoms with Gasteiger partial charge in [-0.3, -0.25) is 9.59 Å². The third kappa shape index (κ3) is 2.68. The molecular weight excluding hydrogens is 258 g/mol. The first-order chi connectivity index (χ1) is 9.54. The van der Waals surface area contributed by atoms with E-state index in [4.69, 9.17) is 10.5 Å². The van der Waals surface area contributed by atoms with Crippen LogP contribution >= 0.6 is 0 Å². The van der Waals surface area contributed by atoms with Gasteiger partial charge in [-0.15, -0.1) is 0 Å². The molecule has 0 atom stereocenters. The largest absolute Gasteiger partial charge is 0.494 e. The maximum atomic E-state index is 12.6. The van der Waals surface area contributed by atoms with Gasteiger partial charge in [-0.25, -0.2) is 0 Å². The summed E-state index contributed by atoms with van der Waals surface area (Å²) in [5.41, 5.74) is 6.62. The van der Waals surface area contributed by atoms with E-state index in [2.05, 4.69) is 0 Å². The van der Waals surface area contributed by atoms with E-state index < -0.39 is 0 Å². The standard InChI is InChI=1S/C14H19N3O3/c1-16-7-4-8-17(9-12(16)18)14(19)10-5-3-6-11(15)13(10)20-2/h3,5-6H,4,7-9,15H2,1-2H3. The number of methoxy groups -OCH3 is 1. The molecule has 1 aliphatic rings. The first-order valence-electron chi connectivity index (χ1n) is 6.50. The van der Waals surface area contributed by atoms with E-state index in [-0.39, 0.29) is 18.4 Å². The molecule has 1 aromatic rings. The number of hydrogen-bond acceptors (Lipinski definition) is 4. The van der Waals surface area contributed by atoms with Gasteiger partial charge in [0.2, 0.25) is 5.91 Å². The molecule has 0 bridgehead atoms. The van der Waals surface area contributed by atoms with Crippen molar-refractivity contribution in [1.82, 2.24) is 9.80 Å². The third-order valence-corrected chi connectivity index (χ3v) is 3.44. The minimum Gasteiger partial charge on any atom is -0.494 e. The summed E-state index contributed by atoms with van der Waals surface area (Å²) in [5.74, 6) is 0.0825. The summed E-state index contributed by atoms with van der Waals surface area (Å²) in [6, 6.07) is 5.05. The van der Waals surface area contributed by atoms with Crippen molar-refractivity contribution in [3.63, 3.8) is 0 Å². The highest BCUT2D eigenvalue weighted by Gasteiger charge is 2.26. The van der Waals surface area contributed by atoms with Gasteiger partial charge in [-0.2, -0.15) is 0 Å². The molecule has 2 N–H and O–H groups in total. The van der Waals surface area contributed by atoms with E-state index in [0.717, 1.165) is 6.42 Å². The Morgan fingerprint density at radius 1 is 1.35 bits per heavy atom. The molecule has 6 heteroatoms.